The smallest absolute Gasteiger partial charge is 0.239 e. The number of benzene rings is 1. The van der Waals surface area contributed by atoms with E-state index in [4.69, 9.17) is 0 Å². The van der Waals surface area contributed by atoms with Gasteiger partial charge in [-0.1, -0.05) is 36.0 Å². The molecular weight excluding hydrogens is 290 g/mol. The van der Waals surface area contributed by atoms with E-state index in [1.165, 1.54) is 28.7 Å². The van der Waals surface area contributed by atoms with Crippen molar-refractivity contribution in [2.75, 3.05) is 5.32 Å². The Morgan fingerprint density at radius 3 is 2.65 bits per heavy atom. The Balaban J connectivity index is 1.93. The SMILES string of the molecule is CCc1nnc(NC(=O)C(C)Sc2ccc(C)cc2)s1. The fourth-order valence-electron chi connectivity index (χ4n) is 1.53. The van der Waals surface area contributed by atoms with E-state index in [1.807, 2.05) is 45.0 Å². The van der Waals surface area contributed by atoms with Crippen LogP contribution in [-0.2, 0) is 11.2 Å². The number of carbonyl (C=O) groups is 1. The molecule has 106 valence electrons. The normalized spacial score (nSPS) is 12.2. The lowest BCUT2D eigenvalue weighted by atomic mass is 10.2. The van der Waals surface area contributed by atoms with Gasteiger partial charge in [0.15, 0.2) is 0 Å². The molecule has 2 aromatic rings. The van der Waals surface area contributed by atoms with Gasteiger partial charge in [-0.15, -0.1) is 22.0 Å². The van der Waals surface area contributed by atoms with E-state index in [0.717, 1.165) is 16.3 Å². The first-order valence-corrected chi connectivity index (χ1v) is 8.14. The van der Waals surface area contributed by atoms with Crippen molar-refractivity contribution in [2.24, 2.45) is 0 Å². The van der Waals surface area contributed by atoms with Gasteiger partial charge in [-0.2, -0.15) is 0 Å². The van der Waals surface area contributed by atoms with Crippen molar-refractivity contribution in [3.8, 4) is 0 Å². The second kappa shape index (κ2) is 6.85. The van der Waals surface area contributed by atoms with Crippen LogP contribution in [0.15, 0.2) is 29.2 Å². The summed E-state index contributed by atoms with van der Waals surface area (Å²) in [6.07, 6.45) is 0.835. The zero-order chi connectivity index (χ0) is 14.5. The van der Waals surface area contributed by atoms with Crippen LogP contribution in [0.1, 0.15) is 24.4 Å². The molecule has 0 radical (unpaired) electrons. The highest BCUT2D eigenvalue weighted by atomic mass is 32.2. The van der Waals surface area contributed by atoms with Crippen molar-refractivity contribution in [1.29, 1.82) is 0 Å². The Morgan fingerprint density at radius 2 is 2.05 bits per heavy atom. The zero-order valence-electron chi connectivity index (χ0n) is 11.7. The average Bonchev–Trinajstić information content (AvgIpc) is 2.89. The van der Waals surface area contributed by atoms with Crippen LogP contribution in [0.4, 0.5) is 5.13 Å². The summed E-state index contributed by atoms with van der Waals surface area (Å²) < 4.78 is 0. The third-order valence-corrected chi connectivity index (χ3v) is 4.80. The first kappa shape index (κ1) is 15.0. The highest BCUT2D eigenvalue weighted by molar-refractivity contribution is 8.00. The van der Waals surface area contributed by atoms with Gasteiger partial charge in [-0.05, 0) is 32.4 Å². The van der Waals surface area contributed by atoms with Crippen LogP contribution in [0.25, 0.3) is 0 Å². The fourth-order valence-corrected chi connectivity index (χ4v) is 3.08. The van der Waals surface area contributed by atoms with Crippen LogP contribution in [0.3, 0.4) is 0 Å². The van der Waals surface area contributed by atoms with E-state index in [1.54, 1.807) is 0 Å². The van der Waals surface area contributed by atoms with Crippen LogP contribution in [0, 0.1) is 6.92 Å². The van der Waals surface area contributed by atoms with Gasteiger partial charge in [0.25, 0.3) is 0 Å². The van der Waals surface area contributed by atoms with Crippen LogP contribution in [0.5, 0.6) is 0 Å². The maximum absolute atomic E-state index is 12.1. The van der Waals surface area contributed by atoms with E-state index < -0.39 is 0 Å². The standard InChI is InChI=1S/C14H17N3OS2/c1-4-12-16-17-14(20-12)15-13(18)10(3)19-11-7-5-9(2)6-8-11/h5-8,10H,4H2,1-3H3,(H,15,17,18). The van der Waals surface area contributed by atoms with E-state index in [0.29, 0.717) is 5.13 Å². The van der Waals surface area contributed by atoms with Crippen molar-refractivity contribution in [1.82, 2.24) is 10.2 Å². The molecule has 0 aliphatic heterocycles. The Labute approximate surface area is 127 Å². The number of nitrogens with one attached hydrogen (secondary N) is 1. The summed E-state index contributed by atoms with van der Waals surface area (Å²) >= 11 is 2.96. The Hall–Kier alpha value is -1.40. The van der Waals surface area contributed by atoms with Gasteiger partial charge in [0.1, 0.15) is 5.01 Å². The zero-order valence-corrected chi connectivity index (χ0v) is 13.3. The quantitative estimate of drug-likeness (QED) is 0.859. The Bertz CT molecular complexity index is 580. The molecule has 0 spiro atoms. The minimum Gasteiger partial charge on any atom is -0.300 e. The molecule has 1 N–H and O–H groups in total. The minimum atomic E-state index is -0.174. The largest absolute Gasteiger partial charge is 0.300 e. The Kier molecular flexibility index (Phi) is 5.14. The van der Waals surface area contributed by atoms with Gasteiger partial charge in [0.05, 0.1) is 5.25 Å². The molecule has 6 heteroatoms. The molecule has 0 aliphatic carbocycles. The molecule has 0 saturated heterocycles. The molecule has 1 heterocycles. The molecule has 2 rings (SSSR count). The fraction of sp³-hybridized carbons (Fsp3) is 0.357. The predicted octanol–water partition coefficient (Wildman–Crippen LogP) is 3.53. The summed E-state index contributed by atoms with van der Waals surface area (Å²) in [4.78, 5) is 13.2. The first-order valence-electron chi connectivity index (χ1n) is 6.45. The number of hydrogen-bond donors (Lipinski definition) is 1. The van der Waals surface area contributed by atoms with Crippen molar-refractivity contribution >= 4 is 34.1 Å². The molecule has 1 unspecified atom stereocenters. The van der Waals surface area contributed by atoms with Crippen molar-refractivity contribution in [3.05, 3.63) is 34.8 Å². The number of anilines is 1. The van der Waals surface area contributed by atoms with E-state index >= 15 is 0 Å². The van der Waals surface area contributed by atoms with Crippen LogP contribution in [0.2, 0.25) is 0 Å². The number of aromatic nitrogens is 2. The lowest BCUT2D eigenvalue weighted by molar-refractivity contribution is -0.115. The monoisotopic (exact) mass is 307 g/mol. The topological polar surface area (TPSA) is 54.9 Å². The molecule has 4 nitrogen and oxygen atoms in total. The number of rotatable bonds is 5. The Morgan fingerprint density at radius 1 is 1.35 bits per heavy atom. The predicted molar refractivity (Wildman–Crippen MR) is 84.4 cm³/mol. The maximum Gasteiger partial charge on any atom is 0.239 e. The summed E-state index contributed by atoms with van der Waals surface area (Å²) in [6, 6.07) is 8.16. The van der Waals surface area contributed by atoms with Crippen molar-refractivity contribution in [3.63, 3.8) is 0 Å². The van der Waals surface area contributed by atoms with Gasteiger partial charge in [-0.25, -0.2) is 0 Å². The molecule has 1 amide bonds. The summed E-state index contributed by atoms with van der Waals surface area (Å²) in [6.45, 7) is 5.95. The first-order chi connectivity index (χ1) is 9.58. The van der Waals surface area contributed by atoms with E-state index in [2.05, 4.69) is 15.5 Å². The summed E-state index contributed by atoms with van der Waals surface area (Å²) in [5.74, 6) is -0.0469. The number of carbonyl (C=O) groups excluding carboxylic acids is 1. The lowest BCUT2D eigenvalue weighted by Crippen LogP contribution is -2.22. The molecule has 1 aromatic heterocycles. The summed E-state index contributed by atoms with van der Waals surface area (Å²) in [5.41, 5.74) is 1.22. The number of nitrogens with zero attached hydrogens (tertiary/aromatic N) is 2. The number of hydrogen-bond acceptors (Lipinski definition) is 5. The molecule has 0 fully saturated rings. The third-order valence-electron chi connectivity index (χ3n) is 2.70. The molecule has 1 aromatic carbocycles. The second-order valence-corrected chi connectivity index (χ2v) is 6.89. The lowest BCUT2D eigenvalue weighted by Gasteiger charge is -2.10. The number of amides is 1. The molecule has 0 aliphatic rings. The highest BCUT2D eigenvalue weighted by Gasteiger charge is 2.16. The summed E-state index contributed by atoms with van der Waals surface area (Å²) in [5, 5.41) is 12.1. The van der Waals surface area contributed by atoms with Crippen molar-refractivity contribution < 1.29 is 4.79 Å². The number of aryl methyl sites for hydroxylation is 2. The van der Waals surface area contributed by atoms with E-state index in [-0.39, 0.29) is 11.2 Å². The number of thioether (sulfide) groups is 1. The van der Waals surface area contributed by atoms with Crippen LogP contribution in [-0.4, -0.2) is 21.4 Å². The molecular formula is C14H17N3OS2. The maximum atomic E-state index is 12.1. The van der Waals surface area contributed by atoms with Gasteiger partial charge in [0.2, 0.25) is 11.0 Å². The van der Waals surface area contributed by atoms with E-state index in [9.17, 15) is 4.79 Å². The second-order valence-electron chi connectivity index (χ2n) is 4.42. The van der Waals surface area contributed by atoms with Gasteiger partial charge in [0, 0.05) is 4.90 Å². The van der Waals surface area contributed by atoms with Crippen LogP contribution < -0.4 is 5.32 Å². The molecule has 20 heavy (non-hydrogen) atoms. The van der Waals surface area contributed by atoms with Crippen molar-refractivity contribution in [2.45, 2.75) is 37.3 Å². The van der Waals surface area contributed by atoms with Gasteiger partial charge < -0.3 is 0 Å². The van der Waals surface area contributed by atoms with Crippen LogP contribution >= 0.6 is 23.1 Å². The van der Waals surface area contributed by atoms with Gasteiger partial charge >= 0.3 is 0 Å². The molecule has 0 saturated carbocycles. The molecule has 1 atom stereocenters. The average molecular weight is 307 g/mol. The highest BCUT2D eigenvalue weighted by Crippen LogP contribution is 2.25. The van der Waals surface area contributed by atoms with Gasteiger partial charge in [-0.3, -0.25) is 10.1 Å². The summed E-state index contributed by atoms with van der Waals surface area (Å²) in [7, 11) is 0. The minimum absolute atomic E-state index is 0.0469. The molecule has 0 bridgehead atoms. The third kappa shape index (κ3) is 4.05.